The molecular formula is C10H16BrN3O. The Labute approximate surface area is 98.2 Å². The molecule has 4 nitrogen and oxygen atoms in total. The molecular weight excluding hydrogens is 258 g/mol. The summed E-state index contributed by atoms with van der Waals surface area (Å²) in [7, 11) is 1.91. The minimum absolute atomic E-state index is 0.00741. The summed E-state index contributed by atoms with van der Waals surface area (Å²) >= 11 is 3.35. The standard InChI is InChI=1S/C10H16BrN3O/c1-7(2)9(11)10(15)13-6-8-12-4-5-14(8)3/h4-5,7,9H,6H2,1-3H3,(H,13,15). The van der Waals surface area contributed by atoms with Crippen molar-refractivity contribution in [2.75, 3.05) is 0 Å². The molecule has 0 aromatic carbocycles. The lowest BCUT2D eigenvalue weighted by atomic mass is 10.1. The van der Waals surface area contributed by atoms with Crippen LogP contribution in [0.15, 0.2) is 12.4 Å². The van der Waals surface area contributed by atoms with Crippen LogP contribution in [0.3, 0.4) is 0 Å². The highest BCUT2D eigenvalue weighted by molar-refractivity contribution is 9.10. The number of carbonyl (C=O) groups excluding carboxylic acids is 1. The number of aromatic nitrogens is 2. The fourth-order valence-electron chi connectivity index (χ4n) is 1.13. The van der Waals surface area contributed by atoms with Crippen LogP contribution in [-0.2, 0) is 18.4 Å². The fraction of sp³-hybridized carbons (Fsp3) is 0.600. The summed E-state index contributed by atoms with van der Waals surface area (Å²) in [6.45, 7) is 4.47. The van der Waals surface area contributed by atoms with Gasteiger partial charge in [-0.15, -0.1) is 0 Å². The second kappa shape index (κ2) is 5.30. The summed E-state index contributed by atoms with van der Waals surface area (Å²) in [6.07, 6.45) is 3.57. The first-order valence-corrected chi connectivity index (χ1v) is 5.82. The first-order chi connectivity index (χ1) is 7.02. The summed E-state index contributed by atoms with van der Waals surface area (Å²) < 4.78 is 1.89. The number of imidazole rings is 1. The first kappa shape index (κ1) is 12.2. The molecule has 0 radical (unpaired) electrons. The molecule has 1 unspecified atom stereocenters. The molecule has 0 aliphatic rings. The molecule has 0 bridgehead atoms. The van der Waals surface area contributed by atoms with E-state index in [2.05, 4.69) is 26.2 Å². The Morgan fingerprint density at radius 3 is 2.80 bits per heavy atom. The summed E-state index contributed by atoms with van der Waals surface area (Å²) in [5.41, 5.74) is 0. The highest BCUT2D eigenvalue weighted by atomic mass is 79.9. The summed E-state index contributed by atoms with van der Waals surface area (Å²) in [5.74, 6) is 1.14. The second-order valence-corrected chi connectivity index (χ2v) is 4.80. The molecule has 1 N–H and O–H groups in total. The summed E-state index contributed by atoms with van der Waals surface area (Å²) in [5, 5.41) is 2.84. The molecule has 1 amide bonds. The van der Waals surface area contributed by atoms with Gasteiger partial charge in [-0.3, -0.25) is 4.79 Å². The number of rotatable bonds is 4. The third-order valence-electron chi connectivity index (χ3n) is 2.18. The zero-order chi connectivity index (χ0) is 11.4. The number of amides is 1. The minimum Gasteiger partial charge on any atom is -0.348 e. The number of alkyl halides is 1. The maximum absolute atomic E-state index is 11.6. The van der Waals surface area contributed by atoms with Crippen molar-refractivity contribution in [2.45, 2.75) is 25.2 Å². The van der Waals surface area contributed by atoms with Gasteiger partial charge in [0.1, 0.15) is 5.82 Å². The molecule has 15 heavy (non-hydrogen) atoms. The summed E-state index contributed by atoms with van der Waals surface area (Å²) in [6, 6.07) is 0. The lowest BCUT2D eigenvalue weighted by Gasteiger charge is -2.13. The molecule has 1 aromatic rings. The third-order valence-corrected chi connectivity index (χ3v) is 3.65. The molecule has 0 saturated carbocycles. The van der Waals surface area contributed by atoms with E-state index < -0.39 is 0 Å². The molecule has 1 rings (SSSR count). The van der Waals surface area contributed by atoms with Crippen LogP contribution < -0.4 is 5.32 Å². The van der Waals surface area contributed by atoms with E-state index in [1.54, 1.807) is 6.20 Å². The van der Waals surface area contributed by atoms with Gasteiger partial charge < -0.3 is 9.88 Å². The van der Waals surface area contributed by atoms with Gasteiger partial charge in [-0.2, -0.15) is 0 Å². The van der Waals surface area contributed by atoms with Gasteiger partial charge >= 0.3 is 0 Å². The van der Waals surface area contributed by atoms with Crippen LogP contribution in [0.2, 0.25) is 0 Å². The van der Waals surface area contributed by atoms with E-state index in [1.165, 1.54) is 0 Å². The Morgan fingerprint density at radius 2 is 2.33 bits per heavy atom. The van der Waals surface area contributed by atoms with E-state index in [0.29, 0.717) is 6.54 Å². The molecule has 1 heterocycles. The van der Waals surface area contributed by atoms with Crippen LogP contribution >= 0.6 is 15.9 Å². The van der Waals surface area contributed by atoms with Crippen LogP contribution in [0.25, 0.3) is 0 Å². The molecule has 0 saturated heterocycles. The molecule has 5 heteroatoms. The van der Waals surface area contributed by atoms with Gasteiger partial charge in [0.2, 0.25) is 5.91 Å². The number of nitrogens with zero attached hydrogens (tertiary/aromatic N) is 2. The molecule has 84 valence electrons. The average Bonchev–Trinajstić information content (AvgIpc) is 2.59. The van der Waals surface area contributed by atoms with Crippen molar-refractivity contribution in [3.8, 4) is 0 Å². The zero-order valence-corrected chi connectivity index (χ0v) is 10.8. The lowest BCUT2D eigenvalue weighted by molar-refractivity contribution is -0.121. The fourth-order valence-corrected chi connectivity index (χ4v) is 1.30. The van der Waals surface area contributed by atoms with Crippen molar-refractivity contribution >= 4 is 21.8 Å². The van der Waals surface area contributed by atoms with Gasteiger partial charge in [0.05, 0.1) is 11.4 Å². The smallest absolute Gasteiger partial charge is 0.234 e. The maximum atomic E-state index is 11.6. The van der Waals surface area contributed by atoms with Crippen molar-refractivity contribution in [3.63, 3.8) is 0 Å². The normalized spacial score (nSPS) is 12.9. The highest BCUT2D eigenvalue weighted by Crippen LogP contribution is 2.11. The highest BCUT2D eigenvalue weighted by Gasteiger charge is 2.18. The van der Waals surface area contributed by atoms with Crippen molar-refractivity contribution in [1.82, 2.24) is 14.9 Å². The second-order valence-electron chi connectivity index (χ2n) is 3.82. The number of hydrogen-bond donors (Lipinski definition) is 1. The molecule has 0 aliphatic carbocycles. The van der Waals surface area contributed by atoms with Gasteiger partial charge in [-0.05, 0) is 5.92 Å². The predicted octanol–water partition coefficient (Wildman–Crippen LogP) is 1.46. The Kier molecular flexibility index (Phi) is 4.32. The molecule has 0 fully saturated rings. The van der Waals surface area contributed by atoms with E-state index in [4.69, 9.17) is 0 Å². The van der Waals surface area contributed by atoms with E-state index in [1.807, 2.05) is 31.7 Å². The number of carbonyl (C=O) groups is 1. The molecule has 1 aromatic heterocycles. The van der Waals surface area contributed by atoms with Gasteiger partial charge in [-0.1, -0.05) is 29.8 Å². The van der Waals surface area contributed by atoms with Crippen LogP contribution in [0.1, 0.15) is 19.7 Å². The third kappa shape index (κ3) is 3.34. The summed E-state index contributed by atoms with van der Waals surface area (Å²) in [4.78, 5) is 15.6. The first-order valence-electron chi connectivity index (χ1n) is 4.90. The topological polar surface area (TPSA) is 46.9 Å². The van der Waals surface area contributed by atoms with Crippen LogP contribution in [0.4, 0.5) is 0 Å². The molecule has 0 spiro atoms. The van der Waals surface area contributed by atoms with Gasteiger partial charge in [0.15, 0.2) is 0 Å². The van der Waals surface area contributed by atoms with E-state index in [9.17, 15) is 4.79 Å². The maximum Gasteiger partial charge on any atom is 0.234 e. The Morgan fingerprint density at radius 1 is 1.67 bits per heavy atom. The Bertz CT molecular complexity index is 335. The van der Waals surface area contributed by atoms with Gasteiger partial charge in [0.25, 0.3) is 0 Å². The number of hydrogen-bond acceptors (Lipinski definition) is 2. The van der Waals surface area contributed by atoms with Crippen molar-refractivity contribution in [1.29, 1.82) is 0 Å². The molecule has 1 atom stereocenters. The molecule has 0 aliphatic heterocycles. The van der Waals surface area contributed by atoms with Gasteiger partial charge in [0, 0.05) is 19.4 Å². The Hall–Kier alpha value is -0.840. The van der Waals surface area contributed by atoms with E-state index in [0.717, 1.165) is 5.82 Å². The number of nitrogens with one attached hydrogen (secondary N) is 1. The van der Waals surface area contributed by atoms with Crippen molar-refractivity contribution < 1.29 is 4.79 Å². The predicted molar refractivity (Wildman–Crippen MR) is 62.6 cm³/mol. The van der Waals surface area contributed by atoms with Crippen LogP contribution in [0.5, 0.6) is 0 Å². The quantitative estimate of drug-likeness (QED) is 0.845. The van der Waals surface area contributed by atoms with Crippen molar-refractivity contribution in [3.05, 3.63) is 18.2 Å². The lowest BCUT2D eigenvalue weighted by Crippen LogP contribution is -2.34. The van der Waals surface area contributed by atoms with Crippen LogP contribution in [0, 0.1) is 5.92 Å². The Balaban J connectivity index is 2.44. The minimum atomic E-state index is -0.141. The van der Waals surface area contributed by atoms with E-state index in [-0.39, 0.29) is 16.7 Å². The number of aryl methyl sites for hydroxylation is 1. The van der Waals surface area contributed by atoms with Crippen molar-refractivity contribution in [2.24, 2.45) is 13.0 Å². The SMILES string of the molecule is CC(C)C(Br)C(=O)NCc1nccn1C. The number of halogens is 1. The van der Waals surface area contributed by atoms with E-state index >= 15 is 0 Å². The van der Waals surface area contributed by atoms with Crippen LogP contribution in [-0.4, -0.2) is 20.3 Å². The van der Waals surface area contributed by atoms with Gasteiger partial charge in [-0.25, -0.2) is 4.98 Å². The largest absolute Gasteiger partial charge is 0.348 e. The average molecular weight is 274 g/mol. The monoisotopic (exact) mass is 273 g/mol. The zero-order valence-electron chi connectivity index (χ0n) is 9.20.